The number of alkyl halides is 3. The molecule has 0 radical (unpaired) electrons. The van der Waals surface area contributed by atoms with Crippen molar-refractivity contribution in [1.29, 1.82) is 5.26 Å². The summed E-state index contributed by atoms with van der Waals surface area (Å²) >= 11 is 5.58. The van der Waals surface area contributed by atoms with Crippen LogP contribution in [0.15, 0.2) is 36.4 Å². The lowest BCUT2D eigenvalue weighted by Gasteiger charge is -2.12. The molecule has 0 atom stereocenters. The molecule has 0 heterocycles. The fourth-order valence-electron chi connectivity index (χ4n) is 1.81. The predicted octanol–water partition coefficient (Wildman–Crippen LogP) is 4.88. The number of nitrogens with one attached hydrogen (secondary N) is 1. The number of nitrogens with zero attached hydrogens (tertiary/aromatic N) is 2. The van der Waals surface area contributed by atoms with E-state index in [1.807, 2.05) is 6.07 Å². The topological polar surface area (TPSA) is 79.0 Å². The highest BCUT2D eigenvalue weighted by Gasteiger charge is 2.36. The molecule has 5 nitrogen and oxygen atoms in total. The SMILES string of the molecule is N#Cc1ccc(Nc2cc(Cl)c(C(F)(F)F)cc2[N+](=O)[O-])cc1. The van der Waals surface area contributed by atoms with E-state index in [-0.39, 0.29) is 5.69 Å². The molecule has 0 aliphatic carbocycles. The van der Waals surface area contributed by atoms with Crippen LogP contribution in [0.25, 0.3) is 0 Å². The van der Waals surface area contributed by atoms with Crippen molar-refractivity contribution in [1.82, 2.24) is 0 Å². The molecule has 1 N–H and O–H groups in total. The molecule has 0 amide bonds. The van der Waals surface area contributed by atoms with Crippen LogP contribution >= 0.6 is 11.6 Å². The van der Waals surface area contributed by atoms with Crippen LogP contribution in [0.1, 0.15) is 11.1 Å². The van der Waals surface area contributed by atoms with Gasteiger partial charge in [0.15, 0.2) is 0 Å². The highest BCUT2D eigenvalue weighted by molar-refractivity contribution is 6.31. The second kappa shape index (κ2) is 6.14. The van der Waals surface area contributed by atoms with Gasteiger partial charge in [-0.25, -0.2) is 0 Å². The Kier molecular flexibility index (Phi) is 4.43. The smallest absolute Gasteiger partial charge is 0.350 e. The van der Waals surface area contributed by atoms with E-state index in [4.69, 9.17) is 16.9 Å². The zero-order valence-electron chi connectivity index (χ0n) is 11.2. The average Bonchev–Trinajstić information content (AvgIpc) is 2.46. The lowest BCUT2D eigenvalue weighted by Crippen LogP contribution is -2.08. The molecule has 118 valence electrons. The molecule has 0 aliphatic heterocycles. The van der Waals surface area contributed by atoms with Gasteiger partial charge in [0, 0.05) is 11.8 Å². The van der Waals surface area contributed by atoms with Crippen LogP contribution in [0.2, 0.25) is 5.02 Å². The van der Waals surface area contributed by atoms with E-state index in [2.05, 4.69) is 5.32 Å². The Morgan fingerprint density at radius 2 is 1.83 bits per heavy atom. The molecule has 0 bridgehead atoms. The molecule has 0 aromatic heterocycles. The molecule has 2 rings (SSSR count). The molecular formula is C14H7ClF3N3O2. The molecule has 0 spiro atoms. The molecule has 9 heteroatoms. The molecular weight excluding hydrogens is 335 g/mol. The zero-order valence-corrected chi connectivity index (χ0v) is 11.9. The van der Waals surface area contributed by atoms with Crippen molar-refractivity contribution >= 4 is 28.7 Å². The quantitative estimate of drug-likeness (QED) is 0.637. The minimum Gasteiger partial charge on any atom is -0.350 e. The van der Waals surface area contributed by atoms with Gasteiger partial charge >= 0.3 is 6.18 Å². The molecule has 0 fully saturated rings. The number of anilines is 2. The average molecular weight is 342 g/mol. The summed E-state index contributed by atoms with van der Waals surface area (Å²) < 4.78 is 38.3. The summed E-state index contributed by atoms with van der Waals surface area (Å²) in [5.41, 5.74) is -1.49. The summed E-state index contributed by atoms with van der Waals surface area (Å²) in [5.74, 6) is 0. The van der Waals surface area contributed by atoms with Gasteiger partial charge in [0.05, 0.1) is 27.1 Å². The molecule has 23 heavy (non-hydrogen) atoms. The molecule has 2 aromatic rings. The molecule has 2 aromatic carbocycles. The first-order valence-electron chi connectivity index (χ1n) is 6.04. The Bertz CT molecular complexity index is 799. The fourth-order valence-corrected chi connectivity index (χ4v) is 2.08. The van der Waals surface area contributed by atoms with Crippen LogP contribution in [0.4, 0.5) is 30.2 Å². The highest BCUT2D eigenvalue weighted by Crippen LogP contribution is 2.41. The standard InChI is InChI=1S/C14H7ClF3N3O2/c15-11-6-12(20-9-3-1-8(7-19)2-4-9)13(21(22)23)5-10(11)14(16,17)18/h1-6,20H. The highest BCUT2D eigenvalue weighted by atomic mass is 35.5. The number of benzene rings is 2. The van der Waals surface area contributed by atoms with Crippen molar-refractivity contribution in [3.8, 4) is 6.07 Å². The number of hydrogen-bond donors (Lipinski definition) is 1. The second-order valence-corrected chi connectivity index (χ2v) is 4.83. The molecule has 0 saturated heterocycles. The van der Waals surface area contributed by atoms with Crippen molar-refractivity contribution in [2.75, 3.05) is 5.32 Å². The van der Waals surface area contributed by atoms with Crippen LogP contribution in [0.3, 0.4) is 0 Å². The maximum Gasteiger partial charge on any atom is 0.418 e. The summed E-state index contributed by atoms with van der Waals surface area (Å²) in [7, 11) is 0. The Labute approximate surface area is 133 Å². The summed E-state index contributed by atoms with van der Waals surface area (Å²) in [6, 6.07) is 8.98. The normalized spacial score (nSPS) is 10.9. The van der Waals surface area contributed by atoms with Crippen molar-refractivity contribution in [2.45, 2.75) is 6.18 Å². The zero-order chi connectivity index (χ0) is 17.2. The molecule has 0 aliphatic rings. The van der Waals surface area contributed by atoms with Crippen LogP contribution in [-0.4, -0.2) is 4.92 Å². The Hall–Kier alpha value is -2.79. The summed E-state index contributed by atoms with van der Waals surface area (Å²) in [6.07, 6.45) is -4.80. The van der Waals surface area contributed by atoms with E-state index >= 15 is 0 Å². The first kappa shape index (κ1) is 16.6. The van der Waals surface area contributed by atoms with Crippen molar-refractivity contribution in [3.63, 3.8) is 0 Å². The maximum atomic E-state index is 12.8. The van der Waals surface area contributed by atoms with E-state index in [9.17, 15) is 23.3 Å². The third-order valence-electron chi connectivity index (χ3n) is 2.88. The number of halogens is 4. The van der Waals surface area contributed by atoms with Gasteiger partial charge in [-0.2, -0.15) is 18.4 Å². The number of rotatable bonds is 3. The largest absolute Gasteiger partial charge is 0.418 e. The second-order valence-electron chi connectivity index (χ2n) is 4.42. The first-order valence-corrected chi connectivity index (χ1v) is 6.42. The van der Waals surface area contributed by atoms with Crippen molar-refractivity contribution in [3.05, 3.63) is 62.7 Å². The summed E-state index contributed by atoms with van der Waals surface area (Å²) in [4.78, 5) is 10.1. The summed E-state index contributed by atoms with van der Waals surface area (Å²) in [6.45, 7) is 0. The van der Waals surface area contributed by atoms with Gasteiger partial charge in [0.25, 0.3) is 5.69 Å². The predicted molar refractivity (Wildman–Crippen MR) is 77.5 cm³/mol. The van der Waals surface area contributed by atoms with Crippen molar-refractivity contribution < 1.29 is 18.1 Å². The van der Waals surface area contributed by atoms with E-state index in [0.29, 0.717) is 17.3 Å². The lowest BCUT2D eigenvalue weighted by atomic mass is 10.1. The number of hydrogen-bond acceptors (Lipinski definition) is 4. The van der Waals surface area contributed by atoms with E-state index < -0.39 is 27.4 Å². The number of nitriles is 1. The van der Waals surface area contributed by atoms with Gasteiger partial charge in [-0.05, 0) is 30.3 Å². The van der Waals surface area contributed by atoms with E-state index in [1.54, 1.807) is 0 Å². The lowest BCUT2D eigenvalue weighted by molar-refractivity contribution is -0.384. The third kappa shape index (κ3) is 3.70. The maximum absolute atomic E-state index is 12.8. The van der Waals surface area contributed by atoms with Crippen molar-refractivity contribution in [2.24, 2.45) is 0 Å². The molecule has 0 unspecified atom stereocenters. The Morgan fingerprint density at radius 1 is 1.22 bits per heavy atom. The van der Waals surface area contributed by atoms with Crippen LogP contribution in [-0.2, 0) is 6.18 Å². The van der Waals surface area contributed by atoms with E-state index in [1.165, 1.54) is 24.3 Å². The van der Waals surface area contributed by atoms with Gasteiger partial charge in [-0.15, -0.1) is 0 Å². The van der Waals surface area contributed by atoms with Crippen LogP contribution < -0.4 is 5.32 Å². The monoisotopic (exact) mass is 341 g/mol. The fraction of sp³-hybridized carbons (Fsp3) is 0.0714. The van der Waals surface area contributed by atoms with Crippen LogP contribution in [0.5, 0.6) is 0 Å². The van der Waals surface area contributed by atoms with Gasteiger partial charge in [0.2, 0.25) is 0 Å². The van der Waals surface area contributed by atoms with Gasteiger partial charge in [0.1, 0.15) is 5.69 Å². The first-order chi connectivity index (χ1) is 10.7. The van der Waals surface area contributed by atoms with Gasteiger partial charge in [-0.1, -0.05) is 11.6 Å². The van der Waals surface area contributed by atoms with Gasteiger partial charge < -0.3 is 5.32 Å². The number of nitro groups is 1. The Morgan fingerprint density at radius 3 is 2.30 bits per heavy atom. The number of nitro benzene ring substituents is 1. The Balaban J connectivity index is 2.47. The van der Waals surface area contributed by atoms with Gasteiger partial charge in [-0.3, -0.25) is 10.1 Å². The van der Waals surface area contributed by atoms with E-state index in [0.717, 1.165) is 6.07 Å². The third-order valence-corrected chi connectivity index (χ3v) is 3.19. The molecule has 0 saturated carbocycles. The summed E-state index contributed by atoms with van der Waals surface area (Å²) in [5, 5.41) is 21.7. The van der Waals surface area contributed by atoms with Crippen LogP contribution in [0, 0.1) is 21.4 Å². The minimum absolute atomic E-state index is 0.183. The minimum atomic E-state index is -4.80.